The number of rotatable bonds is 2. The lowest BCUT2D eigenvalue weighted by atomic mass is 9.96. The van der Waals surface area contributed by atoms with Gasteiger partial charge in [0, 0.05) is 6.04 Å². The molecule has 0 aliphatic carbocycles. The van der Waals surface area contributed by atoms with Crippen LogP contribution in [0.3, 0.4) is 0 Å². The van der Waals surface area contributed by atoms with Crippen LogP contribution in [0.25, 0.3) is 0 Å². The number of likely N-dealkylation sites (N-methyl/N-ethyl adjacent to an activating group) is 1. The summed E-state index contributed by atoms with van der Waals surface area (Å²) in [6, 6.07) is 0.559. The van der Waals surface area contributed by atoms with Crippen LogP contribution in [0.5, 0.6) is 0 Å². The molecule has 3 nitrogen and oxygen atoms in total. The molecule has 1 spiro atoms. The van der Waals surface area contributed by atoms with E-state index in [1.54, 1.807) is 0 Å². The molecular formula is C8H15NO2. The molecule has 0 radical (unpaired) electrons. The van der Waals surface area contributed by atoms with Gasteiger partial charge in [0.2, 0.25) is 0 Å². The maximum absolute atomic E-state index is 5.65. The van der Waals surface area contributed by atoms with E-state index in [-0.39, 0.29) is 5.60 Å². The van der Waals surface area contributed by atoms with Crippen LogP contribution < -0.4 is 5.32 Å². The summed E-state index contributed by atoms with van der Waals surface area (Å²) < 4.78 is 10.8. The van der Waals surface area contributed by atoms with Gasteiger partial charge in [-0.05, 0) is 13.0 Å². The Bertz CT molecular complexity index is 145. The third-order valence-corrected chi connectivity index (χ3v) is 2.43. The molecule has 0 aromatic heterocycles. The van der Waals surface area contributed by atoms with Gasteiger partial charge >= 0.3 is 0 Å². The Kier molecular flexibility index (Phi) is 1.87. The molecule has 2 aliphatic rings. The summed E-state index contributed by atoms with van der Waals surface area (Å²) >= 11 is 0. The van der Waals surface area contributed by atoms with Crippen molar-refractivity contribution in [2.75, 3.05) is 26.4 Å². The van der Waals surface area contributed by atoms with Crippen molar-refractivity contribution in [3.8, 4) is 0 Å². The highest BCUT2D eigenvalue weighted by molar-refractivity contribution is 4.96. The molecular weight excluding hydrogens is 142 g/mol. The van der Waals surface area contributed by atoms with Gasteiger partial charge in [0.05, 0.1) is 19.8 Å². The second-order valence-corrected chi connectivity index (χ2v) is 3.45. The molecule has 0 saturated carbocycles. The second-order valence-electron chi connectivity index (χ2n) is 3.45. The first-order valence-corrected chi connectivity index (χ1v) is 4.30. The lowest BCUT2D eigenvalue weighted by Crippen LogP contribution is -2.49. The molecule has 0 amide bonds. The van der Waals surface area contributed by atoms with Gasteiger partial charge in [-0.15, -0.1) is 0 Å². The average Bonchev–Trinajstić information content (AvgIpc) is 2.32. The van der Waals surface area contributed by atoms with Crippen LogP contribution >= 0.6 is 0 Å². The molecule has 1 N–H and O–H groups in total. The fourth-order valence-electron chi connectivity index (χ4n) is 1.79. The Morgan fingerprint density at radius 2 is 2.36 bits per heavy atom. The molecule has 2 saturated heterocycles. The zero-order chi connectivity index (χ0) is 7.73. The molecule has 0 aromatic rings. The van der Waals surface area contributed by atoms with Crippen LogP contribution in [0.2, 0.25) is 0 Å². The topological polar surface area (TPSA) is 30.5 Å². The van der Waals surface area contributed by atoms with E-state index >= 15 is 0 Å². The Hall–Kier alpha value is -0.120. The monoisotopic (exact) mass is 157 g/mol. The van der Waals surface area contributed by atoms with Gasteiger partial charge in [-0.1, -0.05) is 6.92 Å². The Morgan fingerprint density at radius 3 is 2.82 bits per heavy atom. The second kappa shape index (κ2) is 2.73. The quantitative estimate of drug-likeness (QED) is 0.619. The number of nitrogens with one attached hydrogen (secondary N) is 1. The molecule has 2 rings (SSSR count). The third-order valence-electron chi connectivity index (χ3n) is 2.43. The van der Waals surface area contributed by atoms with E-state index in [1.165, 1.54) is 0 Å². The van der Waals surface area contributed by atoms with Crippen molar-refractivity contribution in [2.24, 2.45) is 0 Å². The zero-order valence-corrected chi connectivity index (χ0v) is 6.93. The highest BCUT2D eigenvalue weighted by Crippen LogP contribution is 2.32. The summed E-state index contributed by atoms with van der Waals surface area (Å²) in [4.78, 5) is 0. The largest absolute Gasteiger partial charge is 0.375 e. The maximum Gasteiger partial charge on any atom is 0.116 e. The van der Waals surface area contributed by atoms with Crippen molar-refractivity contribution in [3.63, 3.8) is 0 Å². The van der Waals surface area contributed by atoms with Gasteiger partial charge < -0.3 is 14.8 Å². The standard InChI is InChI=1S/C8H15NO2/c1-2-9-7-3-8(11-4-7)5-10-6-8/h7,9H,2-6H2,1H3. The summed E-state index contributed by atoms with van der Waals surface area (Å²) in [7, 11) is 0. The van der Waals surface area contributed by atoms with E-state index in [1.807, 2.05) is 0 Å². The highest BCUT2D eigenvalue weighted by atomic mass is 16.6. The van der Waals surface area contributed by atoms with E-state index in [2.05, 4.69) is 12.2 Å². The van der Waals surface area contributed by atoms with Gasteiger partial charge in [-0.2, -0.15) is 0 Å². The summed E-state index contributed by atoms with van der Waals surface area (Å²) in [5, 5.41) is 3.39. The molecule has 64 valence electrons. The van der Waals surface area contributed by atoms with E-state index in [0.29, 0.717) is 6.04 Å². The molecule has 0 bridgehead atoms. The predicted octanol–water partition coefficient (Wildman–Crippen LogP) is 0.154. The Morgan fingerprint density at radius 1 is 1.55 bits per heavy atom. The van der Waals surface area contributed by atoms with Gasteiger partial charge in [0.15, 0.2) is 0 Å². The molecule has 1 unspecified atom stereocenters. The Labute approximate surface area is 67.1 Å². The smallest absolute Gasteiger partial charge is 0.116 e. The van der Waals surface area contributed by atoms with E-state index in [9.17, 15) is 0 Å². The Balaban J connectivity index is 1.83. The number of hydrogen-bond acceptors (Lipinski definition) is 3. The summed E-state index contributed by atoms with van der Waals surface area (Å²) in [6.07, 6.45) is 1.13. The van der Waals surface area contributed by atoms with E-state index in [0.717, 1.165) is 32.8 Å². The van der Waals surface area contributed by atoms with Gasteiger partial charge in [-0.25, -0.2) is 0 Å². The average molecular weight is 157 g/mol. The molecule has 2 aliphatic heterocycles. The first-order chi connectivity index (χ1) is 5.35. The normalized spacial score (nSPS) is 34.1. The van der Waals surface area contributed by atoms with E-state index < -0.39 is 0 Å². The van der Waals surface area contributed by atoms with Crippen molar-refractivity contribution in [1.29, 1.82) is 0 Å². The summed E-state index contributed by atoms with van der Waals surface area (Å²) in [6.45, 7) is 5.62. The first kappa shape index (κ1) is 7.53. The van der Waals surface area contributed by atoms with E-state index in [4.69, 9.17) is 9.47 Å². The molecule has 2 fully saturated rings. The minimum atomic E-state index is 0.104. The molecule has 1 atom stereocenters. The summed E-state index contributed by atoms with van der Waals surface area (Å²) in [5.74, 6) is 0. The van der Waals surface area contributed by atoms with Crippen LogP contribution in [0.15, 0.2) is 0 Å². The first-order valence-electron chi connectivity index (χ1n) is 4.30. The third kappa shape index (κ3) is 1.28. The maximum atomic E-state index is 5.65. The lowest BCUT2D eigenvalue weighted by Gasteiger charge is -2.36. The lowest BCUT2D eigenvalue weighted by molar-refractivity contribution is -0.184. The summed E-state index contributed by atoms with van der Waals surface area (Å²) in [5.41, 5.74) is 0.104. The minimum Gasteiger partial charge on any atom is -0.375 e. The fraction of sp³-hybridized carbons (Fsp3) is 1.00. The van der Waals surface area contributed by atoms with Crippen LogP contribution in [0.1, 0.15) is 13.3 Å². The van der Waals surface area contributed by atoms with Gasteiger partial charge in [0.25, 0.3) is 0 Å². The fourth-order valence-corrected chi connectivity index (χ4v) is 1.79. The van der Waals surface area contributed by atoms with Crippen LogP contribution in [0.4, 0.5) is 0 Å². The SMILES string of the molecule is CCNC1COC2(COC2)C1. The van der Waals surface area contributed by atoms with Gasteiger partial charge in [0.1, 0.15) is 5.60 Å². The number of ether oxygens (including phenoxy) is 2. The van der Waals surface area contributed by atoms with Gasteiger partial charge in [-0.3, -0.25) is 0 Å². The van der Waals surface area contributed by atoms with Crippen LogP contribution in [-0.2, 0) is 9.47 Å². The van der Waals surface area contributed by atoms with Crippen LogP contribution in [0, 0.1) is 0 Å². The molecule has 0 aromatic carbocycles. The minimum absolute atomic E-state index is 0.104. The van der Waals surface area contributed by atoms with Crippen molar-refractivity contribution in [2.45, 2.75) is 25.0 Å². The van der Waals surface area contributed by atoms with Crippen molar-refractivity contribution < 1.29 is 9.47 Å². The molecule has 2 heterocycles. The van der Waals surface area contributed by atoms with Crippen molar-refractivity contribution in [1.82, 2.24) is 5.32 Å². The van der Waals surface area contributed by atoms with Crippen LogP contribution in [-0.4, -0.2) is 38.0 Å². The van der Waals surface area contributed by atoms with Crippen molar-refractivity contribution in [3.05, 3.63) is 0 Å². The predicted molar refractivity (Wildman–Crippen MR) is 41.6 cm³/mol. The number of hydrogen-bond donors (Lipinski definition) is 1. The molecule has 11 heavy (non-hydrogen) atoms. The van der Waals surface area contributed by atoms with Crippen molar-refractivity contribution >= 4 is 0 Å². The highest BCUT2D eigenvalue weighted by Gasteiger charge is 2.46. The zero-order valence-electron chi connectivity index (χ0n) is 6.93. The molecule has 3 heteroatoms.